The van der Waals surface area contributed by atoms with Crippen LogP contribution in [0.15, 0.2) is 43.0 Å². The SMILES string of the molecule is C=CCOc1ccc(C(=O)Nc2cc3c(cc2OCC)CC(C)O3)cc1OC. The predicted octanol–water partition coefficient (Wildman–Crippen LogP) is 4.23. The fourth-order valence-electron chi connectivity index (χ4n) is 3.08. The first-order valence-electron chi connectivity index (χ1n) is 9.25. The Morgan fingerprint density at radius 3 is 2.79 bits per heavy atom. The highest BCUT2D eigenvalue weighted by Gasteiger charge is 2.23. The fourth-order valence-corrected chi connectivity index (χ4v) is 3.08. The second kappa shape index (κ2) is 8.69. The molecule has 28 heavy (non-hydrogen) atoms. The van der Waals surface area contributed by atoms with Crippen molar-refractivity contribution in [3.63, 3.8) is 0 Å². The number of anilines is 1. The van der Waals surface area contributed by atoms with Crippen LogP contribution in [0.2, 0.25) is 0 Å². The molecule has 0 fully saturated rings. The molecule has 1 aliphatic rings. The van der Waals surface area contributed by atoms with Crippen molar-refractivity contribution in [2.24, 2.45) is 0 Å². The van der Waals surface area contributed by atoms with E-state index < -0.39 is 0 Å². The fraction of sp³-hybridized carbons (Fsp3) is 0.318. The summed E-state index contributed by atoms with van der Waals surface area (Å²) in [6, 6.07) is 8.78. The summed E-state index contributed by atoms with van der Waals surface area (Å²) in [6.45, 7) is 8.40. The van der Waals surface area contributed by atoms with E-state index in [2.05, 4.69) is 11.9 Å². The minimum absolute atomic E-state index is 0.114. The lowest BCUT2D eigenvalue weighted by Crippen LogP contribution is -2.13. The maximum atomic E-state index is 12.8. The smallest absolute Gasteiger partial charge is 0.255 e. The maximum absolute atomic E-state index is 12.8. The van der Waals surface area contributed by atoms with Crippen molar-refractivity contribution in [2.45, 2.75) is 26.4 Å². The van der Waals surface area contributed by atoms with Gasteiger partial charge in [-0.3, -0.25) is 4.79 Å². The summed E-state index contributed by atoms with van der Waals surface area (Å²) in [4.78, 5) is 12.8. The molecule has 148 valence electrons. The first-order valence-corrected chi connectivity index (χ1v) is 9.25. The van der Waals surface area contributed by atoms with Crippen LogP contribution in [0.1, 0.15) is 29.8 Å². The number of carbonyl (C=O) groups excluding carboxylic acids is 1. The Bertz CT molecular complexity index is 877. The molecule has 2 aromatic carbocycles. The number of methoxy groups -OCH3 is 1. The third kappa shape index (κ3) is 4.22. The lowest BCUT2D eigenvalue weighted by atomic mass is 10.1. The molecule has 6 nitrogen and oxygen atoms in total. The molecule has 0 bridgehead atoms. The summed E-state index contributed by atoms with van der Waals surface area (Å²) >= 11 is 0. The van der Waals surface area contributed by atoms with Crippen LogP contribution in [-0.2, 0) is 6.42 Å². The van der Waals surface area contributed by atoms with E-state index in [-0.39, 0.29) is 12.0 Å². The molecule has 1 atom stereocenters. The van der Waals surface area contributed by atoms with Crippen molar-refractivity contribution in [3.8, 4) is 23.0 Å². The van der Waals surface area contributed by atoms with Gasteiger partial charge in [0, 0.05) is 23.6 Å². The Labute approximate surface area is 165 Å². The zero-order valence-electron chi connectivity index (χ0n) is 16.4. The molecule has 1 heterocycles. The quantitative estimate of drug-likeness (QED) is 0.691. The molecule has 6 heteroatoms. The largest absolute Gasteiger partial charge is 0.493 e. The highest BCUT2D eigenvalue weighted by Crippen LogP contribution is 2.38. The van der Waals surface area contributed by atoms with E-state index in [4.69, 9.17) is 18.9 Å². The Morgan fingerprint density at radius 2 is 2.07 bits per heavy atom. The van der Waals surface area contributed by atoms with Gasteiger partial charge in [-0.05, 0) is 38.1 Å². The molecular weight excluding hydrogens is 358 g/mol. The van der Waals surface area contributed by atoms with E-state index in [1.807, 2.05) is 26.0 Å². The Balaban J connectivity index is 1.84. The summed E-state index contributed by atoms with van der Waals surface area (Å²) in [5, 5.41) is 2.91. The maximum Gasteiger partial charge on any atom is 0.255 e. The first kappa shape index (κ1) is 19.6. The van der Waals surface area contributed by atoms with Gasteiger partial charge in [0.1, 0.15) is 24.2 Å². The van der Waals surface area contributed by atoms with Crippen molar-refractivity contribution in [1.82, 2.24) is 0 Å². The second-order valence-corrected chi connectivity index (χ2v) is 6.44. The molecule has 1 amide bonds. The standard InChI is InChI=1S/C22H25NO5/c1-5-9-27-18-8-7-15(11-21(18)25-4)22(24)23-17-13-19-16(10-14(3)28-19)12-20(17)26-6-2/h5,7-8,11-14H,1,6,9-10H2,2-4H3,(H,23,24). The minimum atomic E-state index is -0.277. The van der Waals surface area contributed by atoms with Crippen LogP contribution in [0.25, 0.3) is 0 Å². The molecule has 0 aliphatic carbocycles. The number of hydrogen-bond acceptors (Lipinski definition) is 5. The Kier molecular flexibility index (Phi) is 6.09. The summed E-state index contributed by atoms with van der Waals surface area (Å²) in [5.41, 5.74) is 2.10. The van der Waals surface area contributed by atoms with Crippen molar-refractivity contribution >= 4 is 11.6 Å². The molecule has 0 saturated heterocycles. The number of nitrogens with one attached hydrogen (secondary N) is 1. The summed E-state index contributed by atoms with van der Waals surface area (Å²) in [6.07, 6.45) is 2.59. The lowest BCUT2D eigenvalue weighted by molar-refractivity contribution is 0.102. The molecule has 0 saturated carbocycles. The van der Waals surface area contributed by atoms with Crippen LogP contribution in [0.4, 0.5) is 5.69 Å². The number of rotatable bonds is 8. The monoisotopic (exact) mass is 383 g/mol. The van der Waals surface area contributed by atoms with Crippen LogP contribution in [0, 0.1) is 0 Å². The van der Waals surface area contributed by atoms with Crippen LogP contribution >= 0.6 is 0 Å². The summed E-state index contributed by atoms with van der Waals surface area (Å²) in [5.74, 6) is 2.15. The van der Waals surface area contributed by atoms with E-state index in [1.165, 1.54) is 7.11 Å². The van der Waals surface area contributed by atoms with E-state index >= 15 is 0 Å². The topological polar surface area (TPSA) is 66.0 Å². The van der Waals surface area contributed by atoms with Gasteiger partial charge in [-0.25, -0.2) is 0 Å². The van der Waals surface area contributed by atoms with E-state index in [1.54, 1.807) is 24.3 Å². The van der Waals surface area contributed by atoms with E-state index in [0.717, 1.165) is 17.7 Å². The number of benzene rings is 2. The molecular formula is C22H25NO5. The normalized spacial score (nSPS) is 14.6. The number of fused-ring (bicyclic) bond motifs is 1. The third-order valence-corrected chi connectivity index (χ3v) is 4.33. The summed E-state index contributed by atoms with van der Waals surface area (Å²) in [7, 11) is 1.53. The first-order chi connectivity index (χ1) is 13.5. The molecule has 1 aliphatic heterocycles. The zero-order valence-corrected chi connectivity index (χ0v) is 16.4. The minimum Gasteiger partial charge on any atom is -0.493 e. The van der Waals surface area contributed by atoms with Gasteiger partial charge in [-0.15, -0.1) is 0 Å². The molecule has 0 radical (unpaired) electrons. The number of amides is 1. The van der Waals surface area contributed by atoms with Crippen molar-refractivity contribution < 1.29 is 23.7 Å². The highest BCUT2D eigenvalue weighted by molar-refractivity contribution is 6.05. The Morgan fingerprint density at radius 1 is 1.25 bits per heavy atom. The van der Waals surface area contributed by atoms with Gasteiger partial charge in [0.15, 0.2) is 11.5 Å². The molecule has 1 unspecified atom stereocenters. The highest BCUT2D eigenvalue weighted by atomic mass is 16.5. The van der Waals surface area contributed by atoms with Crippen LogP contribution in [0.3, 0.4) is 0 Å². The number of hydrogen-bond donors (Lipinski definition) is 1. The van der Waals surface area contributed by atoms with Gasteiger partial charge < -0.3 is 24.3 Å². The average Bonchev–Trinajstić information content (AvgIpc) is 3.05. The van der Waals surface area contributed by atoms with Crippen molar-refractivity contribution in [1.29, 1.82) is 0 Å². The second-order valence-electron chi connectivity index (χ2n) is 6.44. The Hall–Kier alpha value is -3.15. The van der Waals surface area contributed by atoms with Crippen molar-refractivity contribution in [2.75, 3.05) is 25.6 Å². The van der Waals surface area contributed by atoms with Gasteiger partial charge in [0.2, 0.25) is 0 Å². The molecule has 0 spiro atoms. The molecule has 3 rings (SSSR count). The van der Waals surface area contributed by atoms with E-state index in [0.29, 0.717) is 41.7 Å². The van der Waals surface area contributed by atoms with E-state index in [9.17, 15) is 4.79 Å². The van der Waals surface area contributed by atoms with Crippen LogP contribution in [0.5, 0.6) is 23.0 Å². The number of carbonyl (C=O) groups is 1. The summed E-state index contributed by atoms with van der Waals surface area (Å²) < 4.78 is 22.4. The van der Waals surface area contributed by atoms with Crippen molar-refractivity contribution in [3.05, 3.63) is 54.1 Å². The predicted molar refractivity (Wildman–Crippen MR) is 108 cm³/mol. The third-order valence-electron chi connectivity index (χ3n) is 4.33. The molecule has 0 aromatic heterocycles. The molecule has 2 aromatic rings. The average molecular weight is 383 g/mol. The van der Waals surface area contributed by atoms with Gasteiger partial charge >= 0.3 is 0 Å². The van der Waals surface area contributed by atoms with Crippen LogP contribution in [-0.4, -0.2) is 32.3 Å². The van der Waals surface area contributed by atoms with Crippen LogP contribution < -0.4 is 24.3 Å². The lowest BCUT2D eigenvalue weighted by Gasteiger charge is -2.14. The zero-order chi connectivity index (χ0) is 20.1. The molecule has 1 N–H and O–H groups in total. The van der Waals surface area contributed by atoms with Gasteiger partial charge in [-0.2, -0.15) is 0 Å². The van der Waals surface area contributed by atoms with Gasteiger partial charge in [0.05, 0.1) is 19.4 Å². The number of ether oxygens (including phenoxy) is 4. The van der Waals surface area contributed by atoms with Gasteiger partial charge in [-0.1, -0.05) is 12.7 Å². The van der Waals surface area contributed by atoms with Gasteiger partial charge in [0.25, 0.3) is 5.91 Å².